The predicted molar refractivity (Wildman–Crippen MR) is 145 cm³/mol. The Morgan fingerprint density at radius 1 is 1.16 bits per heavy atom. The smallest absolute Gasteiger partial charge is 0.338 e. The van der Waals surface area contributed by atoms with Gasteiger partial charge in [-0.05, 0) is 54.3 Å². The molecule has 1 aromatic heterocycles. The number of carbonyl (C=O) groups is 2. The molecule has 1 aliphatic heterocycles. The molecule has 4 rings (SSSR count). The van der Waals surface area contributed by atoms with E-state index in [1.807, 2.05) is 26.0 Å². The van der Waals surface area contributed by atoms with Crippen molar-refractivity contribution in [2.75, 3.05) is 13.7 Å². The topological polar surface area (TPSA) is 96.2 Å². The molecule has 0 aliphatic carbocycles. The van der Waals surface area contributed by atoms with Crippen molar-refractivity contribution >= 4 is 41.0 Å². The van der Waals surface area contributed by atoms with Gasteiger partial charge in [-0.15, -0.1) is 0 Å². The predicted octanol–water partition coefficient (Wildman–Crippen LogP) is 4.02. The Morgan fingerprint density at radius 3 is 2.50 bits per heavy atom. The van der Waals surface area contributed by atoms with Gasteiger partial charge in [-0.25, -0.2) is 9.79 Å². The fourth-order valence-corrected chi connectivity index (χ4v) is 5.19. The van der Waals surface area contributed by atoms with Gasteiger partial charge in [0, 0.05) is 11.9 Å². The van der Waals surface area contributed by atoms with E-state index in [0.717, 1.165) is 5.56 Å². The third-order valence-corrected chi connectivity index (χ3v) is 6.95. The van der Waals surface area contributed by atoms with Crippen LogP contribution in [0.1, 0.15) is 44.9 Å². The quantitative estimate of drug-likeness (QED) is 0.323. The Balaban J connectivity index is 1.92. The highest BCUT2D eigenvalue weighted by Crippen LogP contribution is 2.36. The Bertz CT molecular complexity index is 1600. The lowest BCUT2D eigenvalue weighted by molar-refractivity contribution is -0.140. The minimum atomic E-state index is -0.835. The van der Waals surface area contributed by atoms with E-state index in [1.165, 1.54) is 29.9 Å². The first kappa shape index (κ1) is 27.3. The third kappa shape index (κ3) is 5.74. The summed E-state index contributed by atoms with van der Waals surface area (Å²) in [5.41, 5.74) is 1.77. The fourth-order valence-electron chi connectivity index (χ4n) is 4.02. The van der Waals surface area contributed by atoms with Crippen molar-refractivity contribution in [2.45, 2.75) is 33.7 Å². The van der Waals surface area contributed by atoms with Crippen LogP contribution in [0.3, 0.4) is 0 Å². The van der Waals surface area contributed by atoms with Gasteiger partial charge in [-0.2, -0.15) is 0 Å². The summed E-state index contributed by atoms with van der Waals surface area (Å²) in [4.78, 5) is 43.7. The summed E-state index contributed by atoms with van der Waals surface area (Å²) >= 11 is 7.23. The van der Waals surface area contributed by atoms with Crippen LogP contribution in [0.2, 0.25) is 5.02 Å². The van der Waals surface area contributed by atoms with E-state index in [2.05, 4.69) is 4.99 Å². The van der Waals surface area contributed by atoms with E-state index >= 15 is 0 Å². The summed E-state index contributed by atoms with van der Waals surface area (Å²) in [6.45, 7) is 7.12. The number of allylic oxidation sites excluding steroid dienone is 1. The van der Waals surface area contributed by atoms with Gasteiger partial charge in [0.1, 0.15) is 0 Å². The molecule has 3 aromatic rings. The number of rotatable bonds is 7. The number of fused-ring (bicyclic) bond motifs is 1. The normalized spacial score (nSPS) is 15.2. The Morgan fingerprint density at radius 2 is 1.87 bits per heavy atom. The molecular formula is C28H27ClN2O6S. The molecule has 1 unspecified atom stereocenters. The van der Waals surface area contributed by atoms with Gasteiger partial charge in [0.25, 0.3) is 5.56 Å². The number of hydrogen-bond donors (Lipinski definition) is 0. The van der Waals surface area contributed by atoms with Crippen LogP contribution in [0, 0.1) is 5.92 Å². The molecule has 0 radical (unpaired) electrons. The van der Waals surface area contributed by atoms with Crippen LogP contribution in [0.25, 0.3) is 6.08 Å². The Kier molecular flexibility index (Phi) is 8.18. The number of ether oxygens (including phenoxy) is 3. The molecule has 10 heteroatoms. The average molecular weight is 555 g/mol. The van der Waals surface area contributed by atoms with Crippen molar-refractivity contribution < 1.29 is 23.8 Å². The summed E-state index contributed by atoms with van der Waals surface area (Å²) in [7, 11) is 1.45. The second-order valence-electron chi connectivity index (χ2n) is 9.13. The molecule has 38 heavy (non-hydrogen) atoms. The molecule has 0 fully saturated rings. The Hall–Kier alpha value is -3.69. The van der Waals surface area contributed by atoms with Crippen LogP contribution in [-0.2, 0) is 14.3 Å². The highest BCUT2D eigenvalue weighted by molar-refractivity contribution is 7.07. The summed E-state index contributed by atoms with van der Waals surface area (Å²) in [5.74, 6) is -0.420. The number of thiazole rings is 1. The van der Waals surface area contributed by atoms with Crippen LogP contribution < -0.4 is 24.4 Å². The van der Waals surface area contributed by atoms with Crippen LogP contribution in [0.4, 0.5) is 0 Å². The highest BCUT2D eigenvalue weighted by Gasteiger charge is 2.34. The molecular weight excluding hydrogens is 528 g/mol. The molecule has 0 amide bonds. The summed E-state index contributed by atoms with van der Waals surface area (Å²) in [6.07, 6.45) is 1.76. The molecule has 0 saturated carbocycles. The fraction of sp³-hybridized carbons (Fsp3) is 0.286. The number of aromatic nitrogens is 1. The van der Waals surface area contributed by atoms with Gasteiger partial charge in [-0.3, -0.25) is 14.2 Å². The van der Waals surface area contributed by atoms with Gasteiger partial charge >= 0.3 is 11.9 Å². The zero-order valence-electron chi connectivity index (χ0n) is 21.6. The first-order valence-corrected chi connectivity index (χ1v) is 13.1. The van der Waals surface area contributed by atoms with Crippen molar-refractivity contribution in [1.82, 2.24) is 4.57 Å². The lowest BCUT2D eigenvalue weighted by Gasteiger charge is -2.25. The van der Waals surface area contributed by atoms with E-state index in [0.29, 0.717) is 25.6 Å². The molecule has 2 aromatic carbocycles. The molecule has 198 valence electrons. The van der Waals surface area contributed by atoms with Crippen molar-refractivity contribution in [3.8, 4) is 11.5 Å². The van der Waals surface area contributed by atoms with Gasteiger partial charge < -0.3 is 14.2 Å². The number of esters is 2. The maximum absolute atomic E-state index is 13.8. The molecule has 0 spiro atoms. The third-order valence-electron chi connectivity index (χ3n) is 5.71. The van der Waals surface area contributed by atoms with Crippen LogP contribution >= 0.6 is 22.9 Å². The maximum atomic E-state index is 13.8. The number of methoxy groups -OCH3 is 1. The zero-order valence-corrected chi connectivity index (χ0v) is 23.2. The monoisotopic (exact) mass is 554 g/mol. The van der Waals surface area contributed by atoms with Crippen molar-refractivity contribution in [1.29, 1.82) is 0 Å². The lowest BCUT2D eigenvalue weighted by atomic mass is 9.95. The maximum Gasteiger partial charge on any atom is 0.338 e. The van der Waals surface area contributed by atoms with E-state index in [1.54, 1.807) is 43.3 Å². The van der Waals surface area contributed by atoms with Crippen LogP contribution in [-0.4, -0.2) is 30.2 Å². The highest BCUT2D eigenvalue weighted by atomic mass is 35.5. The van der Waals surface area contributed by atoms with Gasteiger partial charge in [-0.1, -0.05) is 55.0 Å². The molecule has 1 aliphatic rings. The summed E-state index contributed by atoms with van der Waals surface area (Å²) in [6, 6.07) is 11.2. The lowest BCUT2D eigenvalue weighted by Crippen LogP contribution is -2.40. The van der Waals surface area contributed by atoms with Gasteiger partial charge in [0.15, 0.2) is 16.3 Å². The number of hydrogen-bond acceptors (Lipinski definition) is 8. The van der Waals surface area contributed by atoms with Crippen LogP contribution in [0.5, 0.6) is 11.5 Å². The SMILES string of the molecule is COc1cc(C2C(C(=O)OCC(C)C)=C(C)N=c3sc(=Cc4ccc(Cl)cc4)c(=O)n32)ccc1OC(C)=O. The minimum absolute atomic E-state index is 0.127. The van der Waals surface area contributed by atoms with E-state index in [-0.39, 0.29) is 35.2 Å². The van der Waals surface area contributed by atoms with Gasteiger partial charge in [0.2, 0.25) is 0 Å². The first-order chi connectivity index (χ1) is 18.1. The van der Waals surface area contributed by atoms with E-state index < -0.39 is 18.0 Å². The summed E-state index contributed by atoms with van der Waals surface area (Å²) < 4.78 is 18.2. The second kappa shape index (κ2) is 11.4. The van der Waals surface area contributed by atoms with Crippen molar-refractivity contribution in [3.05, 3.63) is 89.6 Å². The molecule has 0 N–H and O–H groups in total. The number of halogens is 1. The van der Waals surface area contributed by atoms with E-state index in [4.69, 9.17) is 25.8 Å². The number of benzene rings is 2. The van der Waals surface area contributed by atoms with Crippen molar-refractivity contribution in [3.63, 3.8) is 0 Å². The molecule has 0 bridgehead atoms. The minimum Gasteiger partial charge on any atom is -0.493 e. The molecule has 8 nitrogen and oxygen atoms in total. The molecule has 1 atom stereocenters. The molecule has 0 saturated heterocycles. The number of nitrogens with zero attached hydrogens (tertiary/aromatic N) is 2. The summed E-state index contributed by atoms with van der Waals surface area (Å²) in [5, 5.41) is 0.593. The number of carbonyl (C=O) groups excluding carboxylic acids is 2. The van der Waals surface area contributed by atoms with Gasteiger partial charge in [0.05, 0.1) is 35.6 Å². The molecule has 2 heterocycles. The second-order valence-corrected chi connectivity index (χ2v) is 10.6. The Labute approximate surface area is 228 Å². The first-order valence-electron chi connectivity index (χ1n) is 11.9. The van der Waals surface area contributed by atoms with Crippen molar-refractivity contribution in [2.24, 2.45) is 10.9 Å². The van der Waals surface area contributed by atoms with Crippen LogP contribution in [0.15, 0.2) is 63.5 Å². The standard InChI is InChI=1S/C28H27ClN2O6S/c1-15(2)14-36-27(34)24-16(3)30-28-31(26(33)23(38-28)12-18-6-9-20(29)10-7-18)25(24)19-8-11-21(37-17(4)32)22(13-19)35-5/h6-13,15,25H,14H2,1-5H3. The largest absolute Gasteiger partial charge is 0.493 e. The average Bonchev–Trinajstić information content (AvgIpc) is 3.17. The van der Waals surface area contributed by atoms with E-state index in [9.17, 15) is 14.4 Å². The zero-order chi connectivity index (χ0) is 27.6.